The maximum absolute atomic E-state index is 10.8. The zero-order valence-electron chi connectivity index (χ0n) is 18.1. The van der Waals surface area contributed by atoms with Gasteiger partial charge in [0.05, 0.1) is 13.2 Å². The molecule has 0 radical (unpaired) electrons. The second-order valence-corrected chi connectivity index (χ2v) is 8.67. The summed E-state index contributed by atoms with van der Waals surface area (Å²) in [5, 5.41) is 73.8. The Labute approximate surface area is 203 Å². The molecule has 0 fully saturated rings. The van der Waals surface area contributed by atoms with Crippen LogP contribution in [-0.4, -0.2) is 147 Å². The number of rotatable bonds is 14. The van der Waals surface area contributed by atoms with Gasteiger partial charge in [-0.25, -0.2) is 8.98 Å². The van der Waals surface area contributed by atoms with Gasteiger partial charge in [-0.1, -0.05) is 0 Å². The van der Waals surface area contributed by atoms with Crippen LogP contribution in [0.4, 0.5) is 0 Å². The number of amides is 1. The lowest BCUT2D eigenvalue weighted by Crippen LogP contribution is -2.54. The standard InChI is InChI=1S/C8H15NO9S.C6H12O10S/c1-4(12)9-5(2-10)8(18-19(15,16)17)7(14)6(13)3-11;7-1-2(8)3(9)4(10)5(11)6(12)16-17(13,14)15/h2,5-8,11,13-14H,3H2,1H3,(H,9,12)(H,15,16,17);2-5,7-11H,1H2,(H,13,14,15)/t5-,6+,7-,8+;2-,3-,4+,5-/m01/s1. The summed E-state index contributed by atoms with van der Waals surface area (Å²) in [6.07, 6.45) is -14.7. The lowest BCUT2D eigenvalue weighted by Gasteiger charge is -2.28. The normalized spacial score (nSPS) is 18.6. The second kappa shape index (κ2) is 16.0. The van der Waals surface area contributed by atoms with E-state index in [9.17, 15) is 41.4 Å². The first-order valence-electron chi connectivity index (χ1n) is 9.11. The molecule has 0 unspecified atom stereocenters. The van der Waals surface area contributed by atoms with E-state index in [1.807, 2.05) is 5.32 Å². The largest absolute Gasteiger partial charge is 0.449 e. The minimum atomic E-state index is -5.17. The average Bonchev–Trinajstić information content (AvgIpc) is 2.76. The van der Waals surface area contributed by atoms with Crippen molar-refractivity contribution in [2.45, 2.75) is 55.7 Å². The third kappa shape index (κ3) is 14.6. The van der Waals surface area contributed by atoms with E-state index in [-0.39, 0.29) is 6.29 Å². The fourth-order valence-electron chi connectivity index (χ4n) is 2.04. The van der Waals surface area contributed by atoms with Gasteiger partial charge in [-0.15, -0.1) is 0 Å². The molecule has 0 bridgehead atoms. The Hall–Kier alpha value is -1.93. The third-order valence-corrected chi connectivity index (χ3v) is 4.55. The van der Waals surface area contributed by atoms with Gasteiger partial charge in [0.2, 0.25) is 5.91 Å². The van der Waals surface area contributed by atoms with E-state index < -0.39 is 94.7 Å². The molecule has 36 heavy (non-hydrogen) atoms. The zero-order valence-corrected chi connectivity index (χ0v) is 19.7. The quantitative estimate of drug-likeness (QED) is 0.0674. The predicted molar refractivity (Wildman–Crippen MR) is 108 cm³/mol. The van der Waals surface area contributed by atoms with Gasteiger partial charge in [0.15, 0.2) is 6.10 Å². The first-order valence-corrected chi connectivity index (χ1v) is 11.8. The van der Waals surface area contributed by atoms with E-state index in [1.54, 1.807) is 0 Å². The molecule has 214 valence electrons. The van der Waals surface area contributed by atoms with Gasteiger partial charge in [-0.3, -0.25) is 13.9 Å². The number of carbonyl (C=O) groups excluding carboxylic acids is 3. The SMILES string of the molecule is CC(=O)N[C@@H](C=O)[C@@H](OS(=O)(=O)O)[C@@H](O)[C@H](O)CO.O=C(OS(=O)(=O)O)[C@H](O)[C@@H](O)[C@H](O)[C@H](O)CO. The minimum absolute atomic E-state index is 0.0462. The molecule has 8 atom stereocenters. The van der Waals surface area contributed by atoms with E-state index >= 15 is 0 Å². The molecule has 0 spiro atoms. The van der Waals surface area contributed by atoms with Gasteiger partial charge in [0.25, 0.3) is 0 Å². The summed E-state index contributed by atoms with van der Waals surface area (Å²) >= 11 is 0. The molecule has 0 aromatic rings. The van der Waals surface area contributed by atoms with E-state index in [1.165, 1.54) is 0 Å². The predicted octanol–water partition coefficient (Wildman–Crippen LogP) is -7.64. The van der Waals surface area contributed by atoms with Gasteiger partial charge >= 0.3 is 26.8 Å². The molecule has 0 saturated heterocycles. The average molecular weight is 577 g/mol. The van der Waals surface area contributed by atoms with Crippen molar-refractivity contribution in [3.05, 3.63) is 0 Å². The van der Waals surface area contributed by atoms with Gasteiger partial charge in [-0.05, 0) is 0 Å². The molecule has 0 rings (SSSR count). The van der Waals surface area contributed by atoms with Crippen LogP contribution >= 0.6 is 0 Å². The van der Waals surface area contributed by atoms with Crippen molar-refractivity contribution in [2.75, 3.05) is 13.2 Å². The molecule has 22 heteroatoms. The van der Waals surface area contributed by atoms with E-state index in [0.29, 0.717) is 0 Å². The maximum Gasteiger partial charge on any atom is 0.449 e. The van der Waals surface area contributed by atoms with E-state index in [4.69, 9.17) is 39.7 Å². The summed E-state index contributed by atoms with van der Waals surface area (Å²) in [6.45, 7) is -0.924. The Kier molecular flexibility index (Phi) is 16.1. The summed E-state index contributed by atoms with van der Waals surface area (Å²) in [4.78, 5) is 32.4. The zero-order chi connectivity index (χ0) is 29.0. The Bertz CT molecular complexity index is 907. The van der Waals surface area contributed by atoms with E-state index in [0.717, 1.165) is 6.92 Å². The van der Waals surface area contributed by atoms with Crippen molar-refractivity contribution < 1.29 is 89.5 Å². The van der Waals surface area contributed by atoms with Crippen LogP contribution in [0.3, 0.4) is 0 Å². The summed E-state index contributed by atoms with van der Waals surface area (Å²) in [5.41, 5.74) is 0. The maximum atomic E-state index is 10.8. The Morgan fingerprint density at radius 1 is 0.833 bits per heavy atom. The number of aliphatic hydroxyl groups excluding tert-OH is 8. The smallest absolute Gasteiger partial charge is 0.394 e. The molecule has 0 aliphatic rings. The topological polar surface area (TPSA) is 352 Å². The van der Waals surface area contributed by atoms with Crippen LogP contribution in [0.2, 0.25) is 0 Å². The molecule has 20 nitrogen and oxygen atoms in total. The molecule has 0 saturated carbocycles. The number of carbonyl (C=O) groups is 3. The van der Waals surface area contributed by atoms with Crippen LogP contribution in [0, 0.1) is 0 Å². The number of aliphatic hydroxyl groups is 8. The lowest BCUT2D eigenvalue weighted by atomic mass is 10.0. The Morgan fingerprint density at radius 2 is 1.28 bits per heavy atom. The second-order valence-electron chi connectivity index (χ2n) is 6.60. The lowest BCUT2D eigenvalue weighted by molar-refractivity contribution is -0.161. The molecule has 0 aromatic carbocycles. The summed E-state index contributed by atoms with van der Waals surface area (Å²) in [6, 6.07) is -1.66. The van der Waals surface area contributed by atoms with Gasteiger partial charge in [0, 0.05) is 6.92 Å². The van der Waals surface area contributed by atoms with Crippen molar-refractivity contribution in [3.8, 4) is 0 Å². The van der Waals surface area contributed by atoms with Crippen LogP contribution in [0.25, 0.3) is 0 Å². The highest BCUT2D eigenvalue weighted by Gasteiger charge is 2.38. The highest BCUT2D eigenvalue weighted by atomic mass is 32.3. The Balaban J connectivity index is 0. The fraction of sp³-hybridized carbons (Fsp3) is 0.786. The van der Waals surface area contributed by atoms with Crippen LogP contribution in [-0.2, 0) is 43.5 Å². The van der Waals surface area contributed by atoms with Crippen molar-refractivity contribution in [2.24, 2.45) is 0 Å². The summed E-state index contributed by atoms with van der Waals surface area (Å²) in [7, 11) is -10.2. The third-order valence-electron chi connectivity index (χ3n) is 3.70. The number of nitrogens with one attached hydrogen (secondary N) is 1. The van der Waals surface area contributed by atoms with Gasteiger partial charge < -0.3 is 55.1 Å². The van der Waals surface area contributed by atoms with Gasteiger partial charge in [0.1, 0.15) is 49.0 Å². The first-order chi connectivity index (χ1) is 16.2. The molecular weight excluding hydrogens is 550 g/mol. The number of aldehydes is 1. The highest BCUT2D eigenvalue weighted by Crippen LogP contribution is 2.12. The van der Waals surface area contributed by atoms with Crippen LogP contribution in [0.15, 0.2) is 0 Å². The van der Waals surface area contributed by atoms with Crippen molar-refractivity contribution >= 4 is 39.0 Å². The highest BCUT2D eigenvalue weighted by molar-refractivity contribution is 7.81. The monoisotopic (exact) mass is 577 g/mol. The molecular formula is C14H27NO19S2. The number of hydrogen-bond donors (Lipinski definition) is 11. The molecule has 0 aliphatic heterocycles. The molecule has 1 amide bonds. The van der Waals surface area contributed by atoms with Crippen LogP contribution in [0.5, 0.6) is 0 Å². The fourth-order valence-corrected chi connectivity index (χ4v) is 2.86. The molecule has 11 N–H and O–H groups in total. The minimum Gasteiger partial charge on any atom is -0.394 e. The Morgan fingerprint density at radius 3 is 1.61 bits per heavy atom. The van der Waals surface area contributed by atoms with Crippen molar-refractivity contribution in [1.29, 1.82) is 0 Å². The van der Waals surface area contributed by atoms with Crippen LogP contribution in [0.1, 0.15) is 6.92 Å². The van der Waals surface area contributed by atoms with E-state index in [2.05, 4.69) is 8.37 Å². The summed E-state index contributed by atoms with van der Waals surface area (Å²) in [5.74, 6) is -2.70. The van der Waals surface area contributed by atoms with Crippen molar-refractivity contribution in [3.63, 3.8) is 0 Å². The van der Waals surface area contributed by atoms with Crippen molar-refractivity contribution in [1.82, 2.24) is 5.32 Å². The number of hydrogen-bond acceptors (Lipinski definition) is 17. The van der Waals surface area contributed by atoms with Crippen LogP contribution < -0.4 is 5.32 Å². The first kappa shape index (κ1) is 36.2. The molecule has 0 aromatic heterocycles. The molecule has 0 heterocycles. The van der Waals surface area contributed by atoms with Gasteiger partial charge in [-0.2, -0.15) is 16.8 Å². The summed E-state index contributed by atoms with van der Waals surface area (Å²) < 4.78 is 65.4. The molecule has 0 aliphatic carbocycles.